The lowest BCUT2D eigenvalue weighted by Crippen LogP contribution is -2.19. The molecule has 0 radical (unpaired) electrons. The van der Waals surface area contributed by atoms with Gasteiger partial charge >= 0.3 is 0 Å². The van der Waals surface area contributed by atoms with Crippen molar-refractivity contribution in [1.29, 1.82) is 0 Å². The maximum atomic E-state index is 12.0. The maximum Gasteiger partial charge on any atom is 0.224 e. The van der Waals surface area contributed by atoms with Crippen molar-refractivity contribution in [3.63, 3.8) is 0 Å². The molecule has 0 fully saturated rings. The van der Waals surface area contributed by atoms with Gasteiger partial charge in [0.1, 0.15) is 4.60 Å². The molecule has 1 atom stereocenters. The van der Waals surface area contributed by atoms with Gasteiger partial charge in [0.15, 0.2) is 0 Å². The number of hydrogen-bond donors (Lipinski definition) is 1. The van der Waals surface area contributed by atoms with Crippen LogP contribution < -0.4 is 5.32 Å². The zero-order valence-corrected chi connectivity index (χ0v) is 14.0. The Morgan fingerprint density at radius 2 is 2.05 bits per heavy atom. The number of aromatic nitrogens is 1. The highest BCUT2D eigenvalue weighted by molar-refractivity contribution is 9.10. The first-order valence-electron chi connectivity index (χ1n) is 6.60. The Balaban J connectivity index is 2.56. The highest BCUT2D eigenvalue weighted by Gasteiger charge is 2.18. The van der Waals surface area contributed by atoms with Gasteiger partial charge in [-0.1, -0.05) is 27.7 Å². The molecule has 1 unspecified atom stereocenters. The first kappa shape index (κ1) is 16.2. The summed E-state index contributed by atoms with van der Waals surface area (Å²) in [4.78, 5) is 16.3. The summed E-state index contributed by atoms with van der Waals surface area (Å²) in [5.41, 5.74) is 1.87. The minimum Gasteiger partial charge on any atom is -0.324 e. The van der Waals surface area contributed by atoms with E-state index in [0.717, 1.165) is 22.4 Å². The van der Waals surface area contributed by atoms with Gasteiger partial charge < -0.3 is 5.32 Å². The largest absolute Gasteiger partial charge is 0.324 e. The second kappa shape index (κ2) is 6.51. The number of carbonyl (C=O) groups is 1. The normalized spacial score (nSPS) is 13.2. The van der Waals surface area contributed by atoms with E-state index in [0.29, 0.717) is 12.3 Å². The maximum absolute atomic E-state index is 12.0. The van der Waals surface area contributed by atoms with Gasteiger partial charge in [0.05, 0.1) is 11.4 Å². The lowest BCUT2D eigenvalue weighted by molar-refractivity contribution is -0.117. The summed E-state index contributed by atoms with van der Waals surface area (Å²) in [5, 5.41) is 2.93. The van der Waals surface area contributed by atoms with Crippen LogP contribution in [0.4, 0.5) is 5.69 Å². The van der Waals surface area contributed by atoms with E-state index in [1.165, 1.54) is 0 Å². The van der Waals surface area contributed by atoms with E-state index in [4.69, 9.17) is 0 Å². The van der Waals surface area contributed by atoms with Gasteiger partial charge in [-0.05, 0) is 52.7 Å². The van der Waals surface area contributed by atoms with Crippen molar-refractivity contribution < 1.29 is 4.79 Å². The fourth-order valence-corrected chi connectivity index (χ4v) is 2.70. The van der Waals surface area contributed by atoms with Crippen molar-refractivity contribution in [2.24, 2.45) is 11.3 Å². The van der Waals surface area contributed by atoms with Crippen molar-refractivity contribution in [2.75, 3.05) is 5.32 Å². The SMILES string of the molecule is Cc1nc(Br)ccc1NC(=O)CC(C)CC(C)(C)C. The van der Waals surface area contributed by atoms with E-state index < -0.39 is 0 Å². The second-order valence-corrected chi connectivity index (χ2v) is 7.20. The third kappa shape index (κ3) is 6.19. The quantitative estimate of drug-likeness (QED) is 0.824. The number of hydrogen-bond acceptors (Lipinski definition) is 2. The van der Waals surface area contributed by atoms with E-state index in [1.54, 1.807) is 0 Å². The van der Waals surface area contributed by atoms with Crippen LogP contribution in [0.1, 0.15) is 46.2 Å². The Kier molecular flexibility index (Phi) is 5.53. The molecule has 1 heterocycles. The van der Waals surface area contributed by atoms with Gasteiger partial charge in [-0.15, -0.1) is 0 Å². The third-order valence-electron chi connectivity index (χ3n) is 2.82. The summed E-state index contributed by atoms with van der Waals surface area (Å²) in [6, 6.07) is 3.71. The Morgan fingerprint density at radius 3 is 2.58 bits per heavy atom. The van der Waals surface area contributed by atoms with Crippen LogP contribution in [-0.2, 0) is 4.79 Å². The van der Waals surface area contributed by atoms with Crippen LogP contribution in [0.5, 0.6) is 0 Å². The van der Waals surface area contributed by atoms with Crippen molar-refractivity contribution in [3.8, 4) is 0 Å². The molecule has 0 bridgehead atoms. The van der Waals surface area contributed by atoms with Crippen molar-refractivity contribution in [1.82, 2.24) is 4.98 Å². The molecule has 0 saturated carbocycles. The number of anilines is 1. The van der Waals surface area contributed by atoms with Gasteiger partial charge in [0, 0.05) is 6.42 Å². The summed E-state index contributed by atoms with van der Waals surface area (Å²) < 4.78 is 0.782. The van der Waals surface area contributed by atoms with Gasteiger partial charge in [-0.3, -0.25) is 4.79 Å². The standard InChI is InChI=1S/C15H23BrN2O/c1-10(9-15(3,4)5)8-14(19)18-12-6-7-13(16)17-11(12)2/h6-7,10H,8-9H2,1-5H3,(H,18,19). The minimum atomic E-state index is 0.0592. The molecular formula is C15H23BrN2O. The molecule has 0 spiro atoms. The molecule has 0 aromatic carbocycles. The molecule has 1 amide bonds. The predicted octanol–water partition coefficient (Wildman–Crippen LogP) is 4.55. The molecule has 3 nitrogen and oxygen atoms in total. The van der Waals surface area contributed by atoms with E-state index >= 15 is 0 Å². The van der Waals surface area contributed by atoms with Crippen LogP contribution in [0, 0.1) is 18.3 Å². The number of amides is 1. The minimum absolute atomic E-state index is 0.0592. The summed E-state index contributed by atoms with van der Waals surface area (Å²) in [6.07, 6.45) is 1.59. The number of nitrogens with one attached hydrogen (secondary N) is 1. The summed E-state index contributed by atoms with van der Waals surface area (Å²) in [5.74, 6) is 0.438. The van der Waals surface area contributed by atoms with Crippen LogP contribution in [-0.4, -0.2) is 10.9 Å². The first-order chi connectivity index (χ1) is 8.67. The number of pyridine rings is 1. The van der Waals surface area contributed by atoms with Crippen LogP contribution in [0.3, 0.4) is 0 Å². The van der Waals surface area contributed by atoms with E-state index in [-0.39, 0.29) is 11.3 Å². The Hall–Kier alpha value is -0.900. The summed E-state index contributed by atoms with van der Waals surface area (Å²) in [7, 11) is 0. The lowest BCUT2D eigenvalue weighted by atomic mass is 9.84. The third-order valence-corrected chi connectivity index (χ3v) is 3.26. The van der Waals surface area contributed by atoms with Crippen LogP contribution in [0.15, 0.2) is 16.7 Å². The van der Waals surface area contributed by atoms with Gasteiger partial charge in [0.25, 0.3) is 0 Å². The molecule has 0 aliphatic carbocycles. The molecule has 0 saturated heterocycles. The zero-order valence-electron chi connectivity index (χ0n) is 12.4. The topological polar surface area (TPSA) is 42.0 Å². The smallest absolute Gasteiger partial charge is 0.224 e. The fourth-order valence-electron chi connectivity index (χ4n) is 2.30. The van der Waals surface area contributed by atoms with E-state index in [2.05, 4.69) is 53.9 Å². The Morgan fingerprint density at radius 1 is 1.42 bits per heavy atom. The molecular weight excluding hydrogens is 304 g/mol. The predicted molar refractivity (Wildman–Crippen MR) is 83.2 cm³/mol. The number of nitrogens with zero attached hydrogens (tertiary/aromatic N) is 1. The Bertz CT molecular complexity index is 452. The average molecular weight is 327 g/mol. The van der Waals surface area contributed by atoms with Gasteiger partial charge in [-0.2, -0.15) is 0 Å². The number of carbonyl (C=O) groups excluding carboxylic acids is 1. The second-order valence-electron chi connectivity index (χ2n) is 6.39. The van der Waals surface area contributed by atoms with Crippen LogP contribution >= 0.6 is 15.9 Å². The van der Waals surface area contributed by atoms with Crippen LogP contribution in [0.2, 0.25) is 0 Å². The average Bonchev–Trinajstić information content (AvgIpc) is 2.19. The zero-order chi connectivity index (χ0) is 14.6. The fraction of sp³-hybridized carbons (Fsp3) is 0.600. The number of aryl methyl sites for hydroxylation is 1. The van der Waals surface area contributed by atoms with Crippen molar-refractivity contribution in [3.05, 3.63) is 22.4 Å². The van der Waals surface area contributed by atoms with E-state index in [9.17, 15) is 4.79 Å². The van der Waals surface area contributed by atoms with Gasteiger partial charge in [-0.25, -0.2) is 4.98 Å². The highest BCUT2D eigenvalue weighted by atomic mass is 79.9. The molecule has 19 heavy (non-hydrogen) atoms. The lowest BCUT2D eigenvalue weighted by Gasteiger charge is -2.22. The number of halogens is 1. The molecule has 4 heteroatoms. The molecule has 1 aromatic heterocycles. The molecule has 1 N–H and O–H groups in total. The molecule has 0 aliphatic heterocycles. The number of rotatable bonds is 4. The van der Waals surface area contributed by atoms with Crippen molar-refractivity contribution >= 4 is 27.5 Å². The highest BCUT2D eigenvalue weighted by Crippen LogP contribution is 2.26. The molecule has 0 aliphatic rings. The van der Waals surface area contributed by atoms with Gasteiger partial charge in [0.2, 0.25) is 5.91 Å². The summed E-state index contributed by atoms with van der Waals surface area (Å²) >= 11 is 3.31. The summed E-state index contributed by atoms with van der Waals surface area (Å²) in [6.45, 7) is 10.6. The first-order valence-corrected chi connectivity index (χ1v) is 7.39. The van der Waals surface area contributed by atoms with Crippen molar-refractivity contribution in [2.45, 2.75) is 47.5 Å². The Labute approximate surface area is 124 Å². The molecule has 106 valence electrons. The van der Waals surface area contributed by atoms with Crippen LogP contribution in [0.25, 0.3) is 0 Å². The molecule has 1 aromatic rings. The van der Waals surface area contributed by atoms with E-state index in [1.807, 2.05) is 19.1 Å². The monoisotopic (exact) mass is 326 g/mol. The molecule has 1 rings (SSSR count).